The van der Waals surface area contributed by atoms with E-state index in [1.54, 1.807) is 20.7 Å². The van der Waals surface area contributed by atoms with Crippen LogP contribution in [0.15, 0.2) is 72.8 Å². The van der Waals surface area contributed by atoms with Gasteiger partial charge in [-0.1, -0.05) is 93.0 Å². The van der Waals surface area contributed by atoms with Crippen LogP contribution < -0.4 is 0 Å². The lowest BCUT2D eigenvalue weighted by molar-refractivity contribution is 0.121. The zero-order chi connectivity index (χ0) is 23.5. The Hall–Kier alpha value is -2.06. The largest absolute Gasteiger partial charge is 0.508 e. The number of piperazine rings is 1. The minimum atomic E-state index is 0.346. The van der Waals surface area contributed by atoms with Crippen LogP contribution in [0.1, 0.15) is 11.1 Å². The summed E-state index contributed by atoms with van der Waals surface area (Å²) in [6.07, 6.45) is 0. The van der Waals surface area contributed by atoms with Crippen LogP contribution in [0.3, 0.4) is 0 Å². The highest BCUT2D eigenvalue weighted by molar-refractivity contribution is 7.80. The molecule has 0 atom stereocenters. The fourth-order valence-electron chi connectivity index (χ4n) is 4.35. The molecule has 1 aromatic heterocycles. The normalized spacial score (nSPS) is 15.0. The first-order valence-electron chi connectivity index (χ1n) is 11.3. The number of phenolic OH excluding ortho intramolecular Hbond substituents is 1. The van der Waals surface area contributed by atoms with Gasteiger partial charge in [0, 0.05) is 55.4 Å². The van der Waals surface area contributed by atoms with E-state index in [1.807, 2.05) is 30.3 Å². The minimum Gasteiger partial charge on any atom is -0.508 e. The minimum absolute atomic E-state index is 0.346. The molecular formula is C27H25ClN2OS3. The average molecular weight is 525 g/mol. The summed E-state index contributed by atoms with van der Waals surface area (Å²) in [7, 11) is 3.36. The number of aromatic hydroxyl groups is 1. The third kappa shape index (κ3) is 5.43. The molecule has 3 nitrogen and oxygen atoms in total. The van der Waals surface area contributed by atoms with Crippen molar-refractivity contribution in [3.8, 4) is 27.3 Å². The Morgan fingerprint density at radius 3 is 2.18 bits per heavy atom. The Labute approximate surface area is 217 Å². The van der Waals surface area contributed by atoms with Crippen LogP contribution in [0.2, 0.25) is 5.02 Å². The fourth-order valence-corrected chi connectivity index (χ4v) is 7.39. The Morgan fingerprint density at radius 2 is 1.47 bits per heavy atom. The van der Waals surface area contributed by atoms with Gasteiger partial charge in [0.05, 0.1) is 4.88 Å². The average Bonchev–Trinajstić information content (AvgIpc) is 3.25. The second kappa shape index (κ2) is 10.7. The summed E-state index contributed by atoms with van der Waals surface area (Å²) in [4.78, 5) is 6.08. The number of halogens is 1. The molecule has 1 aliphatic heterocycles. The number of benzene rings is 3. The number of nitrogens with zero attached hydrogens (tertiary/aromatic N) is 2. The van der Waals surface area contributed by atoms with E-state index in [1.165, 1.54) is 16.0 Å². The third-order valence-electron chi connectivity index (χ3n) is 6.21. The smallest absolute Gasteiger partial charge is 0.120 e. The molecule has 2 heterocycles. The lowest BCUT2D eigenvalue weighted by Crippen LogP contribution is -2.45. The second-order valence-electron chi connectivity index (χ2n) is 8.55. The van der Waals surface area contributed by atoms with Gasteiger partial charge in [-0.2, -0.15) is 0 Å². The zero-order valence-corrected chi connectivity index (χ0v) is 21.8. The fraction of sp³-hybridized carbons (Fsp3) is 0.222. The highest BCUT2D eigenvalue weighted by Crippen LogP contribution is 2.42. The first kappa shape index (κ1) is 23.7. The van der Waals surface area contributed by atoms with E-state index in [0.29, 0.717) is 5.75 Å². The van der Waals surface area contributed by atoms with E-state index in [9.17, 15) is 5.11 Å². The van der Waals surface area contributed by atoms with Crippen molar-refractivity contribution in [2.24, 2.45) is 0 Å². The van der Waals surface area contributed by atoms with Crippen molar-refractivity contribution >= 4 is 44.5 Å². The molecule has 4 aromatic rings. The standard InChI is InChI=1S/C27H25ClN2OS3/c28-23-9-6-19(7-10-23)17-29-12-14-30(15-13-29)18-22-16-21(8-11-24(22)31)25-26(33-34-27(25)32)20-4-2-1-3-5-20/h1-11,16,31H,12-15,17-18H2. The van der Waals surface area contributed by atoms with Gasteiger partial charge in [-0.3, -0.25) is 9.80 Å². The van der Waals surface area contributed by atoms with Crippen molar-refractivity contribution in [3.05, 3.63) is 92.8 Å². The van der Waals surface area contributed by atoms with E-state index < -0.39 is 0 Å². The van der Waals surface area contributed by atoms with Gasteiger partial charge >= 0.3 is 0 Å². The van der Waals surface area contributed by atoms with E-state index in [0.717, 1.165) is 64.8 Å². The molecule has 34 heavy (non-hydrogen) atoms. The lowest BCUT2D eigenvalue weighted by Gasteiger charge is -2.35. The van der Waals surface area contributed by atoms with E-state index >= 15 is 0 Å². The summed E-state index contributed by atoms with van der Waals surface area (Å²) in [5, 5.41) is 11.4. The first-order chi connectivity index (χ1) is 16.6. The molecule has 0 spiro atoms. The molecule has 0 bridgehead atoms. The van der Waals surface area contributed by atoms with Crippen molar-refractivity contribution in [2.45, 2.75) is 13.1 Å². The molecule has 174 valence electrons. The molecule has 0 amide bonds. The molecule has 1 fully saturated rings. The summed E-state index contributed by atoms with van der Waals surface area (Å²) < 4.78 is 0.899. The molecule has 5 rings (SSSR count). The number of phenols is 1. The molecule has 3 aromatic carbocycles. The van der Waals surface area contributed by atoms with E-state index in [2.05, 4.69) is 52.3 Å². The van der Waals surface area contributed by atoms with Crippen LogP contribution in [0.4, 0.5) is 0 Å². The summed E-state index contributed by atoms with van der Waals surface area (Å²) in [5.74, 6) is 0.346. The molecule has 0 radical (unpaired) electrons. The predicted molar refractivity (Wildman–Crippen MR) is 148 cm³/mol. The zero-order valence-electron chi connectivity index (χ0n) is 18.6. The summed E-state index contributed by atoms with van der Waals surface area (Å²) in [6.45, 7) is 5.62. The summed E-state index contributed by atoms with van der Waals surface area (Å²) >= 11 is 11.7. The van der Waals surface area contributed by atoms with Crippen LogP contribution in [-0.2, 0) is 13.1 Å². The van der Waals surface area contributed by atoms with Crippen molar-refractivity contribution in [2.75, 3.05) is 26.2 Å². The second-order valence-corrected chi connectivity index (χ2v) is 11.8. The maximum atomic E-state index is 10.6. The topological polar surface area (TPSA) is 26.7 Å². The Balaban J connectivity index is 1.29. The van der Waals surface area contributed by atoms with Crippen molar-refractivity contribution < 1.29 is 5.11 Å². The van der Waals surface area contributed by atoms with Gasteiger partial charge in [-0.25, -0.2) is 0 Å². The maximum Gasteiger partial charge on any atom is 0.120 e. The SMILES string of the molecule is Oc1ccc(-c2c(-c3ccccc3)ssc2=S)cc1CN1CCN(Cc2ccc(Cl)cc2)CC1. The quantitative estimate of drug-likeness (QED) is 0.208. The molecular weight excluding hydrogens is 500 g/mol. The molecule has 0 aliphatic carbocycles. The van der Waals surface area contributed by atoms with Gasteiger partial charge in [0.1, 0.15) is 9.57 Å². The molecule has 1 aliphatic rings. The summed E-state index contributed by atoms with van der Waals surface area (Å²) in [6, 6.07) is 24.4. The Morgan fingerprint density at radius 1 is 0.794 bits per heavy atom. The first-order valence-corrected chi connectivity index (χ1v) is 14.2. The third-order valence-corrected chi connectivity index (χ3v) is 9.53. The van der Waals surface area contributed by atoms with Crippen LogP contribution >= 0.6 is 44.5 Å². The molecule has 7 heteroatoms. The van der Waals surface area contributed by atoms with Crippen LogP contribution in [0.25, 0.3) is 21.6 Å². The van der Waals surface area contributed by atoms with Crippen LogP contribution in [-0.4, -0.2) is 41.1 Å². The van der Waals surface area contributed by atoms with Gasteiger partial charge in [0.25, 0.3) is 0 Å². The van der Waals surface area contributed by atoms with E-state index in [4.69, 9.17) is 23.8 Å². The number of hydrogen-bond acceptors (Lipinski definition) is 6. The van der Waals surface area contributed by atoms with Crippen LogP contribution in [0.5, 0.6) is 5.75 Å². The lowest BCUT2D eigenvalue weighted by atomic mass is 10.0. The Bertz CT molecular complexity index is 1310. The van der Waals surface area contributed by atoms with E-state index in [-0.39, 0.29) is 0 Å². The Kier molecular flexibility index (Phi) is 7.44. The van der Waals surface area contributed by atoms with Gasteiger partial charge in [-0.15, -0.1) is 0 Å². The number of hydrogen-bond donors (Lipinski definition) is 1. The van der Waals surface area contributed by atoms with Crippen molar-refractivity contribution in [1.29, 1.82) is 0 Å². The highest BCUT2D eigenvalue weighted by Gasteiger charge is 2.20. The molecule has 1 N–H and O–H groups in total. The van der Waals surface area contributed by atoms with Gasteiger partial charge in [0.2, 0.25) is 0 Å². The predicted octanol–water partition coefficient (Wildman–Crippen LogP) is 7.55. The number of rotatable bonds is 6. The van der Waals surface area contributed by atoms with Gasteiger partial charge in [0.15, 0.2) is 0 Å². The van der Waals surface area contributed by atoms with Crippen molar-refractivity contribution in [1.82, 2.24) is 9.80 Å². The molecule has 0 unspecified atom stereocenters. The monoisotopic (exact) mass is 524 g/mol. The van der Waals surface area contributed by atoms with Gasteiger partial charge in [-0.05, 0) is 41.0 Å². The highest BCUT2D eigenvalue weighted by atomic mass is 35.5. The van der Waals surface area contributed by atoms with Crippen LogP contribution in [0, 0.1) is 3.82 Å². The van der Waals surface area contributed by atoms with Gasteiger partial charge < -0.3 is 5.11 Å². The van der Waals surface area contributed by atoms with Crippen molar-refractivity contribution in [3.63, 3.8) is 0 Å². The molecule has 0 saturated carbocycles. The molecule has 1 saturated heterocycles. The maximum absolute atomic E-state index is 10.6. The summed E-state index contributed by atoms with van der Waals surface area (Å²) in [5.41, 5.74) is 5.60.